The maximum Gasteiger partial charge on any atom is 0.0647 e. The van der Waals surface area contributed by atoms with Gasteiger partial charge in [-0.25, -0.2) is 0 Å². The van der Waals surface area contributed by atoms with E-state index in [1.54, 1.807) is 0 Å². The third kappa shape index (κ3) is 14.8. The molecule has 0 rings (SSSR count). The Kier molecular flexibility index (Phi) is 19.0. The van der Waals surface area contributed by atoms with Crippen LogP contribution in [0.2, 0.25) is 0 Å². The number of unbranched alkanes of at least 4 members (excludes halogenated alkanes) is 10. The van der Waals surface area contributed by atoms with Crippen LogP contribution in [-0.2, 0) is 0 Å². The molecular formula is C20H44O2. The Balaban J connectivity index is 0. The van der Waals surface area contributed by atoms with Gasteiger partial charge in [0.15, 0.2) is 0 Å². The monoisotopic (exact) mass is 316 g/mol. The van der Waals surface area contributed by atoms with Gasteiger partial charge >= 0.3 is 0 Å². The zero-order valence-corrected chi connectivity index (χ0v) is 15.8. The van der Waals surface area contributed by atoms with E-state index < -0.39 is 0 Å². The lowest BCUT2D eigenvalue weighted by Crippen LogP contribution is -2.28. The summed E-state index contributed by atoms with van der Waals surface area (Å²) in [6, 6.07) is 0. The third-order valence-electron chi connectivity index (χ3n) is 4.74. The average molecular weight is 317 g/mol. The van der Waals surface area contributed by atoms with Crippen LogP contribution in [0.4, 0.5) is 0 Å². The lowest BCUT2D eigenvalue weighted by Gasteiger charge is -2.28. The van der Waals surface area contributed by atoms with Gasteiger partial charge in [-0.05, 0) is 19.3 Å². The van der Waals surface area contributed by atoms with Gasteiger partial charge in [0, 0.05) is 0 Å². The molecule has 0 saturated carbocycles. The minimum atomic E-state index is -0.354. The standard InChI is InChI=1S/C20H42O.H2O/c1-4-7-10-11-12-13-14-15-16-19-20(21,17-8-5-2)18-9-6-3;/h21H,4-19H2,1-3H3;1H2. The van der Waals surface area contributed by atoms with Gasteiger partial charge in [0.05, 0.1) is 5.60 Å². The summed E-state index contributed by atoms with van der Waals surface area (Å²) in [4.78, 5) is 0. The van der Waals surface area contributed by atoms with Crippen molar-refractivity contribution in [1.82, 2.24) is 0 Å². The minimum Gasteiger partial charge on any atom is -0.412 e. The Labute approximate surface area is 140 Å². The van der Waals surface area contributed by atoms with Crippen molar-refractivity contribution in [2.75, 3.05) is 0 Å². The first kappa shape index (κ1) is 24.2. The first-order chi connectivity index (χ1) is 10.2. The SMILES string of the molecule is CCCCCCCCCCCC(O)(CCCC)CCCC.O. The second kappa shape index (κ2) is 17.3. The second-order valence-corrected chi connectivity index (χ2v) is 7.01. The van der Waals surface area contributed by atoms with Crippen molar-refractivity contribution in [1.29, 1.82) is 0 Å². The molecule has 0 saturated heterocycles. The van der Waals surface area contributed by atoms with Crippen molar-refractivity contribution < 1.29 is 10.6 Å². The molecule has 0 aromatic carbocycles. The zero-order valence-electron chi connectivity index (χ0n) is 15.8. The van der Waals surface area contributed by atoms with Gasteiger partial charge < -0.3 is 10.6 Å². The summed E-state index contributed by atoms with van der Waals surface area (Å²) >= 11 is 0. The normalized spacial score (nSPS) is 11.5. The van der Waals surface area contributed by atoms with Crippen LogP contribution in [0.3, 0.4) is 0 Å². The van der Waals surface area contributed by atoms with E-state index in [9.17, 15) is 5.11 Å². The Morgan fingerprint density at radius 2 is 0.818 bits per heavy atom. The van der Waals surface area contributed by atoms with Crippen LogP contribution in [0.5, 0.6) is 0 Å². The van der Waals surface area contributed by atoms with E-state index in [1.807, 2.05) is 0 Å². The van der Waals surface area contributed by atoms with Crippen molar-refractivity contribution in [3.63, 3.8) is 0 Å². The molecule has 2 nitrogen and oxygen atoms in total. The Morgan fingerprint density at radius 3 is 1.23 bits per heavy atom. The summed E-state index contributed by atoms with van der Waals surface area (Å²) in [5.41, 5.74) is -0.354. The van der Waals surface area contributed by atoms with E-state index in [1.165, 1.54) is 83.5 Å². The van der Waals surface area contributed by atoms with Crippen LogP contribution in [0.15, 0.2) is 0 Å². The van der Waals surface area contributed by atoms with Crippen molar-refractivity contribution in [2.45, 2.75) is 129 Å². The minimum absolute atomic E-state index is 0. The number of hydrogen-bond donors (Lipinski definition) is 1. The van der Waals surface area contributed by atoms with Crippen LogP contribution in [0.25, 0.3) is 0 Å². The highest BCUT2D eigenvalue weighted by Crippen LogP contribution is 2.27. The molecule has 22 heavy (non-hydrogen) atoms. The highest BCUT2D eigenvalue weighted by molar-refractivity contribution is 4.78. The number of hydrogen-bond acceptors (Lipinski definition) is 1. The van der Waals surface area contributed by atoms with Gasteiger partial charge in [-0.3, -0.25) is 0 Å². The molecule has 0 bridgehead atoms. The third-order valence-corrected chi connectivity index (χ3v) is 4.74. The summed E-state index contributed by atoms with van der Waals surface area (Å²) in [5.74, 6) is 0. The van der Waals surface area contributed by atoms with E-state index in [-0.39, 0.29) is 11.1 Å². The molecule has 136 valence electrons. The quantitative estimate of drug-likeness (QED) is 0.339. The molecular weight excluding hydrogens is 272 g/mol. The first-order valence-corrected chi connectivity index (χ1v) is 9.91. The Hall–Kier alpha value is -0.0800. The van der Waals surface area contributed by atoms with E-state index in [4.69, 9.17) is 0 Å². The Bertz CT molecular complexity index is 196. The lowest BCUT2D eigenvalue weighted by atomic mass is 9.86. The molecule has 0 unspecified atom stereocenters. The van der Waals surface area contributed by atoms with Gasteiger partial charge in [0.2, 0.25) is 0 Å². The van der Waals surface area contributed by atoms with Crippen molar-refractivity contribution in [3.8, 4) is 0 Å². The van der Waals surface area contributed by atoms with Crippen molar-refractivity contribution in [3.05, 3.63) is 0 Å². The lowest BCUT2D eigenvalue weighted by molar-refractivity contribution is 0.00788. The summed E-state index contributed by atoms with van der Waals surface area (Å²) in [5, 5.41) is 10.8. The summed E-state index contributed by atoms with van der Waals surface area (Å²) in [7, 11) is 0. The smallest absolute Gasteiger partial charge is 0.0647 e. The van der Waals surface area contributed by atoms with Gasteiger partial charge in [-0.1, -0.05) is 104 Å². The zero-order chi connectivity index (χ0) is 15.8. The number of aliphatic hydroxyl groups is 1. The largest absolute Gasteiger partial charge is 0.412 e. The molecule has 0 spiro atoms. The van der Waals surface area contributed by atoms with Crippen molar-refractivity contribution in [2.24, 2.45) is 0 Å². The molecule has 0 aromatic rings. The number of rotatable bonds is 16. The van der Waals surface area contributed by atoms with E-state index in [0.29, 0.717) is 0 Å². The molecule has 0 amide bonds. The first-order valence-electron chi connectivity index (χ1n) is 9.91. The van der Waals surface area contributed by atoms with Gasteiger partial charge in [0.1, 0.15) is 0 Å². The molecule has 0 aliphatic heterocycles. The molecule has 3 N–H and O–H groups in total. The maximum absolute atomic E-state index is 10.8. The van der Waals surface area contributed by atoms with Gasteiger partial charge in [0.25, 0.3) is 0 Å². The molecule has 0 aliphatic carbocycles. The highest BCUT2D eigenvalue weighted by atomic mass is 16.3. The van der Waals surface area contributed by atoms with E-state index in [2.05, 4.69) is 20.8 Å². The average Bonchev–Trinajstić information content (AvgIpc) is 2.49. The topological polar surface area (TPSA) is 51.7 Å². The fourth-order valence-electron chi connectivity index (χ4n) is 3.15. The molecule has 2 heteroatoms. The maximum atomic E-state index is 10.8. The molecule has 0 heterocycles. The molecule has 0 fully saturated rings. The fourth-order valence-corrected chi connectivity index (χ4v) is 3.15. The predicted molar refractivity (Wildman–Crippen MR) is 99.5 cm³/mol. The van der Waals surface area contributed by atoms with Crippen LogP contribution in [-0.4, -0.2) is 16.2 Å². The van der Waals surface area contributed by atoms with E-state index >= 15 is 0 Å². The molecule has 0 atom stereocenters. The molecule has 0 radical (unpaired) electrons. The fraction of sp³-hybridized carbons (Fsp3) is 1.00. The summed E-state index contributed by atoms with van der Waals surface area (Å²) in [6.45, 7) is 6.72. The Morgan fingerprint density at radius 1 is 0.500 bits per heavy atom. The van der Waals surface area contributed by atoms with Crippen LogP contribution >= 0.6 is 0 Å². The molecule has 0 aliphatic rings. The van der Waals surface area contributed by atoms with Crippen LogP contribution < -0.4 is 0 Å². The summed E-state index contributed by atoms with van der Waals surface area (Å²) in [6.07, 6.45) is 20.1. The van der Waals surface area contributed by atoms with Crippen LogP contribution in [0.1, 0.15) is 124 Å². The second-order valence-electron chi connectivity index (χ2n) is 7.01. The van der Waals surface area contributed by atoms with Crippen molar-refractivity contribution >= 4 is 0 Å². The predicted octanol–water partition coefficient (Wildman–Crippen LogP) is 6.19. The van der Waals surface area contributed by atoms with Gasteiger partial charge in [-0.15, -0.1) is 0 Å². The summed E-state index contributed by atoms with van der Waals surface area (Å²) < 4.78 is 0. The van der Waals surface area contributed by atoms with Crippen LogP contribution in [0, 0.1) is 0 Å². The van der Waals surface area contributed by atoms with Gasteiger partial charge in [-0.2, -0.15) is 0 Å². The highest BCUT2D eigenvalue weighted by Gasteiger charge is 2.24. The van der Waals surface area contributed by atoms with E-state index in [0.717, 1.165) is 19.3 Å². The molecule has 0 aromatic heterocycles.